The van der Waals surface area contributed by atoms with Gasteiger partial charge in [-0.1, -0.05) is 13.3 Å². The molecule has 2 nitrogen and oxygen atoms in total. The Hall–Kier alpha value is 1.29. The molecule has 1 fully saturated rings. The SMILES string of the molecule is CCC1C[N-][CH-]C1=O.[W].[Y]. The Kier molecular flexibility index (Phi) is 9.65. The first-order chi connectivity index (χ1) is 3.84. The predicted molar refractivity (Wildman–Crippen MR) is 31.3 cm³/mol. The number of rotatable bonds is 1. The molecule has 0 bridgehead atoms. The van der Waals surface area contributed by atoms with Gasteiger partial charge in [-0.05, 0) is 11.7 Å². The molecule has 0 N–H and O–H groups in total. The van der Waals surface area contributed by atoms with Crippen LogP contribution in [0.5, 0.6) is 0 Å². The minimum Gasteiger partial charge on any atom is -0.813 e. The molecule has 0 aromatic carbocycles. The van der Waals surface area contributed by atoms with Crippen LogP contribution in [0.3, 0.4) is 0 Å². The molecule has 1 radical (unpaired) electrons. The molecule has 0 spiro atoms. The Morgan fingerprint density at radius 1 is 1.80 bits per heavy atom. The fourth-order valence-electron chi connectivity index (χ4n) is 0.796. The van der Waals surface area contributed by atoms with E-state index in [0.717, 1.165) is 13.0 Å². The summed E-state index contributed by atoms with van der Waals surface area (Å²) in [4.78, 5) is 10.7. The number of carbonyl (C=O) groups excluding carboxylic acids is 1. The largest absolute Gasteiger partial charge is 0.813 e. The fraction of sp³-hybridized carbons (Fsp3) is 0.667. The van der Waals surface area contributed by atoms with Gasteiger partial charge in [0.2, 0.25) is 0 Å². The van der Waals surface area contributed by atoms with E-state index in [1.807, 2.05) is 6.92 Å². The normalized spacial score (nSPS) is 22.5. The second-order valence-electron chi connectivity index (χ2n) is 2.00. The number of hydrogen-bond donors (Lipinski definition) is 0. The smallest absolute Gasteiger partial charge is 0 e. The van der Waals surface area contributed by atoms with Crippen LogP contribution in [0, 0.1) is 12.5 Å². The van der Waals surface area contributed by atoms with Crippen LogP contribution in [0.15, 0.2) is 0 Å². The maximum atomic E-state index is 10.7. The van der Waals surface area contributed by atoms with E-state index < -0.39 is 0 Å². The van der Waals surface area contributed by atoms with Crippen LogP contribution in [0.25, 0.3) is 5.32 Å². The van der Waals surface area contributed by atoms with E-state index in [9.17, 15) is 4.79 Å². The van der Waals surface area contributed by atoms with Crippen molar-refractivity contribution in [3.05, 3.63) is 11.9 Å². The molecule has 1 rings (SSSR count). The van der Waals surface area contributed by atoms with Gasteiger partial charge in [-0.2, -0.15) is 6.54 Å². The molecule has 1 atom stereocenters. The quantitative estimate of drug-likeness (QED) is 0.624. The van der Waals surface area contributed by atoms with Crippen LogP contribution in [0.4, 0.5) is 0 Å². The predicted octanol–water partition coefficient (Wildman–Crippen LogP) is 1.13. The molecule has 4 heteroatoms. The number of carbonyl (C=O) groups is 1. The summed E-state index contributed by atoms with van der Waals surface area (Å²) >= 11 is 0. The van der Waals surface area contributed by atoms with Crippen LogP contribution < -0.4 is 0 Å². The third kappa shape index (κ3) is 3.62. The Labute approximate surface area is 101 Å². The number of hydrogen-bond acceptors (Lipinski definition) is 1. The van der Waals surface area contributed by atoms with Gasteiger partial charge in [-0.3, -0.25) is 0 Å². The van der Waals surface area contributed by atoms with Crippen LogP contribution in [0.2, 0.25) is 0 Å². The summed E-state index contributed by atoms with van der Waals surface area (Å²) in [5.41, 5.74) is 0. The van der Waals surface area contributed by atoms with Crippen LogP contribution >= 0.6 is 0 Å². The first-order valence-corrected chi connectivity index (χ1v) is 2.88. The van der Waals surface area contributed by atoms with E-state index >= 15 is 0 Å². The fourth-order valence-corrected chi connectivity index (χ4v) is 0.796. The van der Waals surface area contributed by atoms with E-state index in [2.05, 4.69) is 5.32 Å². The van der Waals surface area contributed by atoms with Gasteiger partial charge in [0.25, 0.3) is 0 Å². The van der Waals surface area contributed by atoms with Crippen LogP contribution in [-0.2, 0) is 58.6 Å². The summed E-state index contributed by atoms with van der Waals surface area (Å²) in [7, 11) is 0. The summed E-state index contributed by atoms with van der Waals surface area (Å²) in [6.07, 6.45) is 0.929. The Balaban J connectivity index is 0. The molecular weight excluding hydrogens is 375 g/mol. The molecule has 0 aromatic heterocycles. The van der Waals surface area contributed by atoms with E-state index in [4.69, 9.17) is 0 Å². The first-order valence-electron chi connectivity index (χ1n) is 2.88. The molecular formula is C6H9NOWY-2. The summed E-state index contributed by atoms with van der Waals surface area (Å²) in [6, 6.07) is 0. The monoisotopic (exact) mass is 384 g/mol. The van der Waals surface area contributed by atoms with E-state index in [1.54, 1.807) is 0 Å². The number of ketones is 1. The topological polar surface area (TPSA) is 31.2 Å². The zero-order valence-corrected chi connectivity index (χ0v) is 11.7. The summed E-state index contributed by atoms with van der Waals surface area (Å²) < 4.78 is 0. The van der Waals surface area contributed by atoms with Crippen molar-refractivity contribution in [1.82, 2.24) is 0 Å². The average Bonchev–Trinajstić information content (AvgIpc) is 2.14. The molecule has 1 aliphatic rings. The van der Waals surface area contributed by atoms with Gasteiger partial charge >= 0.3 is 0 Å². The van der Waals surface area contributed by atoms with Crippen molar-refractivity contribution < 1.29 is 58.6 Å². The maximum absolute atomic E-state index is 10.7. The Morgan fingerprint density at radius 3 is 2.60 bits per heavy atom. The minimum absolute atomic E-state index is 0. The zero-order valence-electron chi connectivity index (χ0n) is 5.91. The van der Waals surface area contributed by atoms with Crippen molar-refractivity contribution in [3.8, 4) is 0 Å². The average molecular weight is 384 g/mol. The number of nitrogens with zero attached hydrogens (tertiary/aromatic N) is 1. The second-order valence-corrected chi connectivity index (χ2v) is 2.00. The molecule has 0 saturated carbocycles. The standard InChI is InChI=1S/C6H9NO.W.Y/c1-2-5-3-7-4-6(5)8;;/h4-5H,2-3H2,1H3;;/q-2;;. The molecule has 1 aliphatic heterocycles. The first kappa shape index (κ1) is 13.9. The van der Waals surface area contributed by atoms with Gasteiger partial charge in [-0.15, -0.1) is 0 Å². The molecule has 10 heavy (non-hydrogen) atoms. The zero-order chi connectivity index (χ0) is 5.98. The molecule has 55 valence electrons. The van der Waals surface area contributed by atoms with Crippen molar-refractivity contribution in [3.63, 3.8) is 0 Å². The summed E-state index contributed by atoms with van der Waals surface area (Å²) in [5, 5.41) is 3.84. The van der Waals surface area contributed by atoms with Crippen LogP contribution in [0.1, 0.15) is 13.3 Å². The van der Waals surface area contributed by atoms with Crippen molar-refractivity contribution >= 4 is 5.78 Å². The summed E-state index contributed by atoms with van der Waals surface area (Å²) in [6.45, 7) is 4.17. The maximum Gasteiger partial charge on any atom is 0 e. The molecule has 0 amide bonds. The molecule has 0 aromatic rings. The third-order valence-corrected chi connectivity index (χ3v) is 1.44. The molecule has 1 unspecified atom stereocenters. The minimum atomic E-state index is 0. The van der Waals surface area contributed by atoms with Gasteiger partial charge in [-0.25, -0.2) is 0 Å². The van der Waals surface area contributed by atoms with Gasteiger partial charge < -0.3 is 16.7 Å². The van der Waals surface area contributed by atoms with Crippen molar-refractivity contribution in [1.29, 1.82) is 0 Å². The Morgan fingerprint density at radius 2 is 2.40 bits per heavy atom. The van der Waals surface area contributed by atoms with E-state index in [1.165, 1.54) is 6.54 Å². The van der Waals surface area contributed by atoms with Crippen molar-refractivity contribution in [2.45, 2.75) is 13.3 Å². The number of Topliss-reactive ketones (excluding diaryl/α,β-unsaturated/α-hetero) is 1. The van der Waals surface area contributed by atoms with Gasteiger partial charge in [0.1, 0.15) is 0 Å². The van der Waals surface area contributed by atoms with Gasteiger partial charge in [0.05, 0.1) is 0 Å². The van der Waals surface area contributed by atoms with Crippen molar-refractivity contribution in [2.24, 2.45) is 5.92 Å². The van der Waals surface area contributed by atoms with E-state index in [0.29, 0.717) is 0 Å². The molecule has 0 aliphatic carbocycles. The van der Waals surface area contributed by atoms with Crippen LogP contribution in [-0.4, -0.2) is 12.3 Å². The Bertz CT molecular complexity index is 110. The van der Waals surface area contributed by atoms with E-state index in [-0.39, 0.29) is 65.5 Å². The third-order valence-electron chi connectivity index (χ3n) is 1.44. The van der Waals surface area contributed by atoms with Gasteiger partial charge in [0.15, 0.2) is 0 Å². The molecule has 1 heterocycles. The van der Waals surface area contributed by atoms with Gasteiger partial charge in [0, 0.05) is 53.8 Å². The second kappa shape index (κ2) is 6.97. The molecule has 1 saturated heterocycles. The van der Waals surface area contributed by atoms with Crippen molar-refractivity contribution in [2.75, 3.05) is 6.54 Å². The summed E-state index contributed by atoms with van der Waals surface area (Å²) in [5.74, 6) is 0.405.